The molecule has 2 aliphatic heterocycles. The second-order valence-electron chi connectivity index (χ2n) is 7.18. The molecule has 0 aliphatic carbocycles. The van der Waals surface area contributed by atoms with Gasteiger partial charge in [-0.05, 0) is 55.9 Å². The third-order valence-corrected chi connectivity index (χ3v) is 5.23. The maximum absolute atomic E-state index is 5.93. The first kappa shape index (κ1) is 16.4. The quantitative estimate of drug-likeness (QED) is 0.915. The lowest BCUT2D eigenvalue weighted by molar-refractivity contribution is 0.315. The molecule has 3 heterocycles. The van der Waals surface area contributed by atoms with Crippen LogP contribution in [0.15, 0.2) is 36.5 Å². The van der Waals surface area contributed by atoms with Crippen LogP contribution in [0, 0.1) is 6.92 Å². The molecule has 4 nitrogen and oxygen atoms in total. The van der Waals surface area contributed by atoms with Gasteiger partial charge in [0.05, 0.1) is 6.61 Å². The summed E-state index contributed by atoms with van der Waals surface area (Å²) in [7, 11) is 0. The van der Waals surface area contributed by atoms with Crippen molar-refractivity contribution in [3.8, 4) is 5.75 Å². The fraction of sp³-hybridized carbons (Fsp3) is 0.476. The van der Waals surface area contributed by atoms with Crippen LogP contribution in [0.4, 0.5) is 5.82 Å². The molecule has 1 fully saturated rings. The maximum Gasteiger partial charge on any atom is 0.128 e. The fourth-order valence-electron chi connectivity index (χ4n) is 3.79. The van der Waals surface area contributed by atoms with Gasteiger partial charge in [-0.15, -0.1) is 0 Å². The lowest BCUT2D eigenvalue weighted by Gasteiger charge is -2.19. The number of nitrogens with zero attached hydrogens (tertiary/aromatic N) is 2. The Kier molecular flexibility index (Phi) is 4.88. The number of anilines is 1. The summed E-state index contributed by atoms with van der Waals surface area (Å²) in [6, 6.07) is 11.3. The largest absolute Gasteiger partial charge is 0.493 e. The third-order valence-electron chi connectivity index (χ3n) is 5.23. The van der Waals surface area contributed by atoms with Gasteiger partial charge in [-0.1, -0.05) is 18.2 Å². The molecular weight excluding hydrogens is 310 g/mol. The first-order valence-electron chi connectivity index (χ1n) is 9.46. The number of aryl methyl sites for hydroxylation is 1. The van der Waals surface area contributed by atoms with Crippen LogP contribution >= 0.6 is 0 Å². The standard InChI is InChI=1S/C21H27N3O/c1-16-6-8-18-19(5-4-12-25-20(18)13-16)22-14-17-7-9-21(23-15-17)24-10-2-3-11-24/h6-9,13,15,19,22H,2-5,10-12,14H2,1H3. The average Bonchev–Trinajstić information content (AvgIpc) is 3.09. The summed E-state index contributed by atoms with van der Waals surface area (Å²) in [4.78, 5) is 7.03. The van der Waals surface area contributed by atoms with E-state index in [0.717, 1.165) is 50.7 Å². The summed E-state index contributed by atoms with van der Waals surface area (Å²) >= 11 is 0. The predicted molar refractivity (Wildman–Crippen MR) is 101 cm³/mol. The first-order valence-corrected chi connectivity index (χ1v) is 9.46. The summed E-state index contributed by atoms with van der Waals surface area (Å²) in [6.07, 6.45) is 6.78. The van der Waals surface area contributed by atoms with Gasteiger partial charge in [0.15, 0.2) is 0 Å². The zero-order valence-corrected chi connectivity index (χ0v) is 15.0. The Hall–Kier alpha value is -2.07. The van der Waals surface area contributed by atoms with E-state index in [1.807, 2.05) is 6.20 Å². The Morgan fingerprint density at radius 3 is 2.84 bits per heavy atom. The fourth-order valence-corrected chi connectivity index (χ4v) is 3.79. The van der Waals surface area contributed by atoms with Crippen molar-refractivity contribution in [1.82, 2.24) is 10.3 Å². The molecule has 4 heteroatoms. The number of benzene rings is 1. The van der Waals surface area contributed by atoms with Crippen LogP contribution in [0.3, 0.4) is 0 Å². The van der Waals surface area contributed by atoms with Crippen molar-refractivity contribution < 1.29 is 4.74 Å². The Balaban J connectivity index is 1.42. The molecule has 2 aliphatic rings. The zero-order chi connectivity index (χ0) is 17.1. The van der Waals surface area contributed by atoms with Gasteiger partial charge in [-0.25, -0.2) is 4.98 Å². The highest BCUT2D eigenvalue weighted by Crippen LogP contribution is 2.32. The minimum Gasteiger partial charge on any atom is -0.493 e. The van der Waals surface area contributed by atoms with Gasteiger partial charge in [0.25, 0.3) is 0 Å². The molecule has 132 valence electrons. The molecule has 0 spiro atoms. The van der Waals surface area contributed by atoms with Crippen molar-refractivity contribution in [3.63, 3.8) is 0 Å². The van der Waals surface area contributed by atoms with Crippen LogP contribution in [0.2, 0.25) is 0 Å². The number of fused-ring (bicyclic) bond motifs is 1. The number of nitrogens with one attached hydrogen (secondary N) is 1. The van der Waals surface area contributed by atoms with Crippen molar-refractivity contribution in [2.24, 2.45) is 0 Å². The van der Waals surface area contributed by atoms with Crippen LogP contribution in [0.1, 0.15) is 48.4 Å². The summed E-state index contributed by atoms with van der Waals surface area (Å²) in [5.41, 5.74) is 3.77. The number of hydrogen-bond donors (Lipinski definition) is 1. The third kappa shape index (κ3) is 3.79. The molecule has 1 N–H and O–H groups in total. The number of pyridine rings is 1. The molecule has 1 atom stereocenters. The topological polar surface area (TPSA) is 37.4 Å². The monoisotopic (exact) mass is 337 g/mol. The molecule has 1 unspecified atom stereocenters. The van der Waals surface area contributed by atoms with E-state index in [1.165, 1.54) is 29.5 Å². The molecule has 1 aromatic heterocycles. The minimum absolute atomic E-state index is 0.344. The van der Waals surface area contributed by atoms with Crippen LogP contribution in [0.5, 0.6) is 5.75 Å². The van der Waals surface area contributed by atoms with Crippen LogP contribution in [-0.4, -0.2) is 24.7 Å². The van der Waals surface area contributed by atoms with E-state index in [9.17, 15) is 0 Å². The average molecular weight is 337 g/mol. The molecule has 0 saturated carbocycles. The van der Waals surface area contributed by atoms with Crippen molar-refractivity contribution in [3.05, 3.63) is 53.2 Å². The van der Waals surface area contributed by atoms with Gasteiger partial charge >= 0.3 is 0 Å². The van der Waals surface area contributed by atoms with Gasteiger partial charge < -0.3 is 15.0 Å². The predicted octanol–water partition coefficient (Wildman–Crippen LogP) is 3.99. The van der Waals surface area contributed by atoms with Gasteiger partial charge in [-0.3, -0.25) is 0 Å². The van der Waals surface area contributed by atoms with E-state index in [4.69, 9.17) is 4.74 Å². The van der Waals surface area contributed by atoms with E-state index >= 15 is 0 Å². The van der Waals surface area contributed by atoms with Crippen molar-refractivity contribution >= 4 is 5.82 Å². The smallest absolute Gasteiger partial charge is 0.128 e. The van der Waals surface area contributed by atoms with Gasteiger partial charge in [0.2, 0.25) is 0 Å². The Morgan fingerprint density at radius 1 is 1.16 bits per heavy atom. The summed E-state index contributed by atoms with van der Waals surface area (Å²) < 4.78 is 5.93. The molecule has 4 rings (SSSR count). The highest BCUT2D eigenvalue weighted by Gasteiger charge is 2.19. The highest BCUT2D eigenvalue weighted by atomic mass is 16.5. The second-order valence-corrected chi connectivity index (χ2v) is 7.18. The number of hydrogen-bond acceptors (Lipinski definition) is 4. The molecule has 0 amide bonds. The molecule has 0 bridgehead atoms. The van der Waals surface area contributed by atoms with Gasteiger partial charge in [0, 0.05) is 37.4 Å². The van der Waals surface area contributed by atoms with E-state index < -0.39 is 0 Å². The molecule has 0 radical (unpaired) electrons. The molecule has 2 aromatic rings. The normalized spacial score (nSPS) is 20.0. The number of aromatic nitrogens is 1. The molecule has 1 saturated heterocycles. The Morgan fingerprint density at radius 2 is 2.04 bits per heavy atom. The van der Waals surface area contributed by atoms with E-state index in [2.05, 4.69) is 52.5 Å². The van der Waals surface area contributed by atoms with E-state index in [-0.39, 0.29) is 0 Å². The Bertz CT molecular complexity index is 708. The second kappa shape index (κ2) is 7.44. The highest BCUT2D eigenvalue weighted by molar-refractivity contribution is 5.41. The lowest BCUT2D eigenvalue weighted by atomic mass is 10.0. The van der Waals surface area contributed by atoms with Crippen LogP contribution in [0.25, 0.3) is 0 Å². The zero-order valence-electron chi connectivity index (χ0n) is 15.0. The molecule has 25 heavy (non-hydrogen) atoms. The number of rotatable bonds is 4. The lowest BCUT2D eigenvalue weighted by Crippen LogP contribution is -2.21. The van der Waals surface area contributed by atoms with Crippen molar-refractivity contribution in [1.29, 1.82) is 0 Å². The van der Waals surface area contributed by atoms with Crippen molar-refractivity contribution in [2.75, 3.05) is 24.6 Å². The first-order chi connectivity index (χ1) is 12.3. The number of ether oxygens (including phenoxy) is 1. The molecular formula is C21H27N3O. The van der Waals surface area contributed by atoms with Crippen molar-refractivity contribution in [2.45, 2.75) is 45.2 Å². The molecule has 1 aromatic carbocycles. The summed E-state index contributed by atoms with van der Waals surface area (Å²) in [5, 5.41) is 3.71. The Labute approximate surface area is 150 Å². The van der Waals surface area contributed by atoms with Gasteiger partial charge in [0.1, 0.15) is 11.6 Å². The van der Waals surface area contributed by atoms with Gasteiger partial charge in [-0.2, -0.15) is 0 Å². The SMILES string of the molecule is Cc1ccc2c(c1)OCCCC2NCc1ccc(N2CCCC2)nc1. The van der Waals surface area contributed by atoms with E-state index in [1.54, 1.807) is 0 Å². The van der Waals surface area contributed by atoms with E-state index in [0.29, 0.717) is 6.04 Å². The summed E-state index contributed by atoms with van der Waals surface area (Å²) in [5.74, 6) is 2.16. The maximum atomic E-state index is 5.93. The summed E-state index contributed by atoms with van der Waals surface area (Å²) in [6.45, 7) is 6.04. The minimum atomic E-state index is 0.344. The van der Waals surface area contributed by atoms with Crippen LogP contribution in [-0.2, 0) is 6.54 Å². The van der Waals surface area contributed by atoms with Crippen LogP contribution < -0.4 is 15.0 Å².